The maximum atomic E-state index is 11.8. The summed E-state index contributed by atoms with van der Waals surface area (Å²) in [6.45, 7) is 1.85. The molecule has 0 aliphatic carbocycles. The molecular weight excluding hydrogens is 226 g/mol. The molecule has 1 aromatic carbocycles. The third-order valence-electron chi connectivity index (χ3n) is 2.56. The van der Waals surface area contributed by atoms with Gasteiger partial charge in [-0.05, 0) is 38.2 Å². The first-order chi connectivity index (χ1) is 7.22. The third kappa shape index (κ3) is 2.26. The Morgan fingerprint density at radius 3 is 2.81 bits per heavy atom. The van der Waals surface area contributed by atoms with Crippen molar-refractivity contribution in [2.45, 2.75) is 13.0 Å². The molecule has 2 rings (SSSR count). The number of rotatable bonds is 3. The molecule has 0 spiro atoms. The van der Waals surface area contributed by atoms with Crippen molar-refractivity contribution >= 4 is 29.2 Å². The molecule has 0 aliphatic rings. The van der Waals surface area contributed by atoms with E-state index >= 15 is 0 Å². The van der Waals surface area contributed by atoms with Gasteiger partial charge < -0.3 is 9.73 Å². The number of Topliss-reactive ketones (excluding diaryl/α,β-unsaturated/α-hetero) is 1. The lowest BCUT2D eigenvalue weighted by Gasteiger charge is -2.08. The second-order valence-electron chi connectivity index (χ2n) is 3.55. The smallest absolute Gasteiger partial charge is 0.179 e. The molecule has 86 valence electrons. The number of halogens is 1. The van der Waals surface area contributed by atoms with Crippen LogP contribution in [0.5, 0.6) is 0 Å². The van der Waals surface area contributed by atoms with E-state index in [0.29, 0.717) is 5.56 Å². The highest BCUT2D eigenvalue weighted by molar-refractivity contribution is 6.02. The van der Waals surface area contributed by atoms with Gasteiger partial charge in [-0.25, -0.2) is 0 Å². The summed E-state index contributed by atoms with van der Waals surface area (Å²) >= 11 is 0. The van der Waals surface area contributed by atoms with Gasteiger partial charge >= 0.3 is 0 Å². The van der Waals surface area contributed by atoms with Gasteiger partial charge in [-0.15, -0.1) is 12.4 Å². The minimum Gasteiger partial charge on any atom is -0.464 e. The van der Waals surface area contributed by atoms with Gasteiger partial charge in [0.05, 0.1) is 12.3 Å². The van der Waals surface area contributed by atoms with Gasteiger partial charge in [-0.1, -0.05) is 0 Å². The maximum absolute atomic E-state index is 11.8. The average Bonchev–Trinajstić information content (AvgIpc) is 2.73. The largest absolute Gasteiger partial charge is 0.464 e. The second-order valence-corrected chi connectivity index (χ2v) is 3.55. The van der Waals surface area contributed by atoms with Crippen LogP contribution in [0.1, 0.15) is 17.3 Å². The van der Waals surface area contributed by atoms with Crippen molar-refractivity contribution in [3.05, 3.63) is 36.1 Å². The molecule has 0 saturated heterocycles. The SMILES string of the molecule is CNC(C)C(=O)c1ccc2occc2c1.Cl. The van der Waals surface area contributed by atoms with Crippen molar-refractivity contribution in [3.63, 3.8) is 0 Å². The second kappa shape index (κ2) is 5.14. The lowest BCUT2D eigenvalue weighted by atomic mass is 10.0. The van der Waals surface area contributed by atoms with E-state index in [0.717, 1.165) is 11.0 Å². The third-order valence-corrected chi connectivity index (χ3v) is 2.56. The molecule has 0 saturated carbocycles. The molecular formula is C12H14ClNO2. The zero-order valence-corrected chi connectivity index (χ0v) is 10.0. The summed E-state index contributed by atoms with van der Waals surface area (Å²) in [5.74, 6) is 0.0978. The van der Waals surface area contributed by atoms with Crippen LogP contribution in [0, 0.1) is 0 Å². The Balaban J connectivity index is 0.00000128. The fourth-order valence-corrected chi connectivity index (χ4v) is 1.50. The quantitative estimate of drug-likeness (QED) is 0.838. The van der Waals surface area contributed by atoms with E-state index in [2.05, 4.69) is 5.32 Å². The van der Waals surface area contributed by atoms with Crippen LogP contribution in [0.3, 0.4) is 0 Å². The summed E-state index contributed by atoms with van der Waals surface area (Å²) in [4.78, 5) is 11.8. The van der Waals surface area contributed by atoms with E-state index in [1.165, 1.54) is 0 Å². The van der Waals surface area contributed by atoms with Gasteiger partial charge in [0.1, 0.15) is 5.58 Å². The normalized spacial score (nSPS) is 12.1. The molecule has 16 heavy (non-hydrogen) atoms. The van der Waals surface area contributed by atoms with E-state index in [-0.39, 0.29) is 24.2 Å². The van der Waals surface area contributed by atoms with E-state index in [1.807, 2.05) is 25.1 Å². The summed E-state index contributed by atoms with van der Waals surface area (Å²) < 4.78 is 5.21. The Kier molecular flexibility index (Phi) is 4.10. The zero-order valence-electron chi connectivity index (χ0n) is 9.19. The van der Waals surface area contributed by atoms with Crippen LogP contribution in [0.4, 0.5) is 0 Å². The fourth-order valence-electron chi connectivity index (χ4n) is 1.50. The van der Waals surface area contributed by atoms with Crippen LogP contribution < -0.4 is 5.32 Å². The van der Waals surface area contributed by atoms with Crippen molar-refractivity contribution in [3.8, 4) is 0 Å². The summed E-state index contributed by atoms with van der Waals surface area (Å²) in [7, 11) is 1.78. The van der Waals surface area contributed by atoms with Crippen molar-refractivity contribution in [1.29, 1.82) is 0 Å². The van der Waals surface area contributed by atoms with Crippen molar-refractivity contribution in [2.75, 3.05) is 7.05 Å². The summed E-state index contributed by atoms with van der Waals surface area (Å²) in [5.41, 5.74) is 1.52. The Morgan fingerprint density at radius 2 is 2.12 bits per heavy atom. The molecule has 1 unspecified atom stereocenters. The molecule has 1 aromatic heterocycles. The molecule has 3 nitrogen and oxygen atoms in total. The molecule has 1 N–H and O–H groups in total. The van der Waals surface area contributed by atoms with Gasteiger partial charge in [-0.3, -0.25) is 4.79 Å². The van der Waals surface area contributed by atoms with Crippen LogP contribution in [-0.2, 0) is 0 Å². The number of hydrogen-bond donors (Lipinski definition) is 1. The van der Waals surface area contributed by atoms with Gasteiger partial charge in [-0.2, -0.15) is 0 Å². The summed E-state index contributed by atoms with van der Waals surface area (Å²) in [6, 6.07) is 7.17. The molecule has 0 amide bonds. The van der Waals surface area contributed by atoms with Gasteiger partial charge in [0.15, 0.2) is 5.78 Å². The number of benzene rings is 1. The number of carbonyl (C=O) groups is 1. The molecule has 0 bridgehead atoms. The van der Waals surface area contributed by atoms with Gasteiger partial charge in [0.2, 0.25) is 0 Å². The number of likely N-dealkylation sites (N-methyl/N-ethyl adjacent to an activating group) is 1. The fraction of sp³-hybridized carbons (Fsp3) is 0.250. The number of hydrogen-bond acceptors (Lipinski definition) is 3. The minimum atomic E-state index is -0.158. The Morgan fingerprint density at radius 1 is 1.38 bits per heavy atom. The highest BCUT2D eigenvalue weighted by Crippen LogP contribution is 2.17. The molecule has 1 atom stereocenters. The predicted octanol–water partition coefficient (Wildman–Crippen LogP) is 2.65. The van der Waals surface area contributed by atoms with Crippen LogP contribution in [0.2, 0.25) is 0 Å². The topological polar surface area (TPSA) is 42.2 Å². The molecule has 4 heteroatoms. The number of carbonyl (C=O) groups excluding carboxylic acids is 1. The number of fused-ring (bicyclic) bond motifs is 1. The van der Waals surface area contributed by atoms with Crippen LogP contribution >= 0.6 is 12.4 Å². The first kappa shape index (κ1) is 12.7. The van der Waals surface area contributed by atoms with E-state index in [9.17, 15) is 4.79 Å². The summed E-state index contributed by atoms with van der Waals surface area (Å²) in [5, 5.41) is 3.89. The Bertz CT molecular complexity index is 492. The predicted molar refractivity (Wildman–Crippen MR) is 66.3 cm³/mol. The van der Waals surface area contributed by atoms with Crippen LogP contribution in [0.15, 0.2) is 34.9 Å². The Hall–Kier alpha value is -1.32. The van der Waals surface area contributed by atoms with E-state index < -0.39 is 0 Å². The minimum absolute atomic E-state index is 0. The monoisotopic (exact) mass is 239 g/mol. The van der Waals surface area contributed by atoms with Crippen molar-refractivity contribution in [1.82, 2.24) is 5.32 Å². The van der Waals surface area contributed by atoms with E-state index in [4.69, 9.17) is 4.42 Å². The molecule has 1 heterocycles. The number of nitrogens with one attached hydrogen (secondary N) is 1. The standard InChI is InChI=1S/C12H13NO2.ClH/c1-8(13-2)12(14)10-3-4-11-9(7-10)5-6-15-11;/h3-8,13H,1-2H3;1H. The van der Waals surface area contributed by atoms with Gasteiger partial charge in [0, 0.05) is 10.9 Å². The molecule has 0 fully saturated rings. The van der Waals surface area contributed by atoms with Crippen LogP contribution in [-0.4, -0.2) is 18.9 Å². The first-order valence-corrected chi connectivity index (χ1v) is 4.91. The van der Waals surface area contributed by atoms with Crippen LogP contribution in [0.25, 0.3) is 11.0 Å². The number of ketones is 1. The van der Waals surface area contributed by atoms with Crippen molar-refractivity contribution in [2.24, 2.45) is 0 Å². The lowest BCUT2D eigenvalue weighted by molar-refractivity contribution is 0.0955. The van der Waals surface area contributed by atoms with E-state index in [1.54, 1.807) is 19.4 Å². The highest BCUT2D eigenvalue weighted by atomic mass is 35.5. The average molecular weight is 240 g/mol. The Labute approximate surface area is 100 Å². The number of furan rings is 1. The first-order valence-electron chi connectivity index (χ1n) is 4.91. The maximum Gasteiger partial charge on any atom is 0.179 e. The zero-order chi connectivity index (χ0) is 10.8. The molecule has 2 aromatic rings. The van der Waals surface area contributed by atoms with Gasteiger partial charge in [0.25, 0.3) is 0 Å². The lowest BCUT2D eigenvalue weighted by Crippen LogP contribution is -2.30. The summed E-state index contributed by atoms with van der Waals surface area (Å²) in [6.07, 6.45) is 1.63. The molecule has 0 aliphatic heterocycles. The molecule has 0 radical (unpaired) electrons. The highest BCUT2D eigenvalue weighted by Gasteiger charge is 2.13. The van der Waals surface area contributed by atoms with Crippen molar-refractivity contribution < 1.29 is 9.21 Å².